The summed E-state index contributed by atoms with van der Waals surface area (Å²) in [5, 5.41) is 2.97. The maximum absolute atomic E-state index is 13.2. The lowest BCUT2D eigenvalue weighted by atomic mass is 10.0. The fourth-order valence-corrected chi connectivity index (χ4v) is 2.01. The molecule has 103 valence electrons. The lowest BCUT2D eigenvalue weighted by Gasteiger charge is -2.09. The smallest absolute Gasteiger partial charge is 0.253 e. The summed E-state index contributed by atoms with van der Waals surface area (Å²) in [6.07, 6.45) is 1.84. The van der Waals surface area contributed by atoms with Crippen molar-refractivity contribution in [3.8, 4) is 0 Å². The average molecular weight is 292 g/mol. The van der Waals surface area contributed by atoms with Crippen molar-refractivity contribution in [1.82, 2.24) is 10.3 Å². The normalized spacial score (nSPS) is 10.3. The number of nitrogens with one attached hydrogen (secondary N) is 1. The van der Waals surface area contributed by atoms with Crippen LogP contribution in [0.4, 0.5) is 4.39 Å². The number of halogens is 2. The van der Waals surface area contributed by atoms with Crippen molar-refractivity contribution >= 4 is 17.5 Å². The zero-order chi connectivity index (χ0) is 14.5. The Kier molecular flexibility index (Phi) is 4.69. The number of rotatable bonds is 4. The first-order chi connectivity index (χ1) is 9.60. The highest BCUT2D eigenvalue weighted by atomic mass is 35.5. The molecule has 0 fully saturated rings. The topological polar surface area (TPSA) is 42.0 Å². The summed E-state index contributed by atoms with van der Waals surface area (Å²) >= 11 is 5.88. The molecule has 0 aliphatic carbocycles. The minimum atomic E-state index is -0.315. The van der Waals surface area contributed by atoms with Gasteiger partial charge in [0.05, 0.1) is 16.3 Å². The minimum absolute atomic E-state index is 0.283. The van der Waals surface area contributed by atoms with E-state index in [2.05, 4.69) is 10.3 Å². The second-order valence-corrected chi connectivity index (χ2v) is 4.65. The van der Waals surface area contributed by atoms with Crippen molar-refractivity contribution in [1.29, 1.82) is 0 Å². The van der Waals surface area contributed by atoms with E-state index in [0.29, 0.717) is 22.7 Å². The number of hydrogen-bond acceptors (Lipinski definition) is 2. The van der Waals surface area contributed by atoms with Gasteiger partial charge >= 0.3 is 0 Å². The Morgan fingerprint density at radius 2 is 2.25 bits per heavy atom. The molecule has 1 radical (unpaired) electrons. The zero-order valence-corrected chi connectivity index (χ0v) is 11.6. The molecule has 1 aromatic carbocycles. The number of benzene rings is 1. The third-order valence-electron chi connectivity index (χ3n) is 2.72. The van der Waals surface area contributed by atoms with E-state index < -0.39 is 0 Å². The second kappa shape index (κ2) is 6.48. The van der Waals surface area contributed by atoms with Gasteiger partial charge in [0.2, 0.25) is 0 Å². The molecule has 1 amide bonds. The molecule has 2 aromatic rings. The third kappa shape index (κ3) is 3.54. The first-order valence-electron chi connectivity index (χ1n) is 6.07. The molecular formula is C15H13ClFN2O. The van der Waals surface area contributed by atoms with Crippen LogP contribution >= 0.6 is 11.6 Å². The van der Waals surface area contributed by atoms with Crippen LogP contribution in [0.2, 0.25) is 5.02 Å². The molecule has 0 spiro atoms. The molecule has 2 rings (SSSR count). The van der Waals surface area contributed by atoms with Crippen LogP contribution in [0.15, 0.2) is 36.5 Å². The number of pyridine rings is 1. The van der Waals surface area contributed by atoms with Crippen molar-refractivity contribution in [3.63, 3.8) is 0 Å². The Morgan fingerprint density at radius 3 is 2.95 bits per heavy atom. The fourth-order valence-electron chi connectivity index (χ4n) is 1.85. The standard InChI is InChI=1S/C15H13ClFN2O/c1-2-18-15(20)13-8-11(16)9-19-14(13)7-10-4-3-5-12(17)6-10/h2-6,8-9H,7H2,1H3,(H,18,20). The molecule has 0 bridgehead atoms. The number of aromatic nitrogens is 1. The van der Waals surface area contributed by atoms with E-state index in [1.54, 1.807) is 25.1 Å². The summed E-state index contributed by atoms with van der Waals surface area (Å²) in [5.74, 6) is -0.599. The summed E-state index contributed by atoms with van der Waals surface area (Å²) in [4.78, 5) is 16.1. The first kappa shape index (κ1) is 14.5. The molecule has 0 unspecified atom stereocenters. The molecule has 1 aromatic heterocycles. The van der Waals surface area contributed by atoms with Crippen LogP contribution in [0.25, 0.3) is 0 Å². The predicted molar refractivity (Wildman–Crippen MR) is 75.9 cm³/mol. The summed E-state index contributed by atoms with van der Waals surface area (Å²) < 4.78 is 13.2. The largest absolute Gasteiger partial charge is 0.347 e. The molecular weight excluding hydrogens is 279 g/mol. The Bertz CT molecular complexity index is 631. The van der Waals surface area contributed by atoms with Crippen molar-refractivity contribution < 1.29 is 9.18 Å². The van der Waals surface area contributed by atoms with E-state index in [1.807, 2.05) is 0 Å². The van der Waals surface area contributed by atoms with Gasteiger partial charge in [0, 0.05) is 19.2 Å². The molecule has 1 N–H and O–H groups in total. The van der Waals surface area contributed by atoms with E-state index in [-0.39, 0.29) is 11.7 Å². The van der Waals surface area contributed by atoms with Gasteiger partial charge in [0.1, 0.15) is 5.82 Å². The molecule has 20 heavy (non-hydrogen) atoms. The predicted octanol–water partition coefficient (Wildman–Crippen LogP) is 3.38. The van der Waals surface area contributed by atoms with Crippen LogP contribution in [-0.4, -0.2) is 10.9 Å². The Balaban J connectivity index is 2.33. The highest BCUT2D eigenvalue weighted by Crippen LogP contribution is 2.17. The lowest BCUT2D eigenvalue weighted by Crippen LogP contribution is -2.21. The van der Waals surface area contributed by atoms with E-state index in [4.69, 9.17) is 11.6 Å². The molecule has 0 saturated heterocycles. The van der Waals surface area contributed by atoms with Crippen LogP contribution in [0, 0.1) is 12.4 Å². The number of amides is 1. The summed E-state index contributed by atoms with van der Waals surface area (Å²) in [6, 6.07) is 7.76. The van der Waals surface area contributed by atoms with Crippen LogP contribution in [0.3, 0.4) is 0 Å². The number of nitrogens with zero attached hydrogens (tertiary/aromatic N) is 1. The van der Waals surface area contributed by atoms with Crippen LogP contribution in [0.5, 0.6) is 0 Å². The van der Waals surface area contributed by atoms with Gasteiger partial charge in [-0.1, -0.05) is 23.7 Å². The maximum atomic E-state index is 13.2. The fraction of sp³-hybridized carbons (Fsp3) is 0.133. The molecule has 0 aliphatic heterocycles. The molecule has 0 atom stereocenters. The first-order valence-corrected chi connectivity index (χ1v) is 6.45. The second-order valence-electron chi connectivity index (χ2n) is 4.22. The van der Waals surface area contributed by atoms with Crippen LogP contribution in [-0.2, 0) is 6.42 Å². The van der Waals surface area contributed by atoms with E-state index in [0.717, 1.165) is 5.56 Å². The number of hydrogen-bond donors (Lipinski definition) is 1. The molecule has 5 heteroatoms. The zero-order valence-electron chi connectivity index (χ0n) is 10.9. The molecule has 1 heterocycles. The Labute approximate surface area is 121 Å². The monoisotopic (exact) mass is 291 g/mol. The van der Waals surface area contributed by atoms with Gasteiger partial charge in [-0.3, -0.25) is 9.78 Å². The van der Waals surface area contributed by atoms with Gasteiger partial charge in [-0.25, -0.2) is 4.39 Å². The van der Waals surface area contributed by atoms with E-state index >= 15 is 0 Å². The van der Waals surface area contributed by atoms with Gasteiger partial charge in [-0.2, -0.15) is 0 Å². The van der Waals surface area contributed by atoms with Gasteiger partial charge in [0.25, 0.3) is 5.91 Å². The highest BCUT2D eigenvalue weighted by molar-refractivity contribution is 6.30. The van der Waals surface area contributed by atoms with E-state index in [9.17, 15) is 9.18 Å². The van der Waals surface area contributed by atoms with Gasteiger partial charge < -0.3 is 5.32 Å². The lowest BCUT2D eigenvalue weighted by molar-refractivity contribution is 0.0963. The van der Waals surface area contributed by atoms with Gasteiger partial charge in [-0.05, 0) is 30.7 Å². The Morgan fingerprint density at radius 1 is 1.45 bits per heavy atom. The van der Waals surface area contributed by atoms with Crippen LogP contribution in [0.1, 0.15) is 28.5 Å². The third-order valence-corrected chi connectivity index (χ3v) is 2.92. The quantitative estimate of drug-likeness (QED) is 0.938. The van der Waals surface area contributed by atoms with E-state index in [1.165, 1.54) is 24.9 Å². The summed E-state index contributed by atoms with van der Waals surface area (Å²) in [6.45, 7) is 3.25. The van der Waals surface area contributed by atoms with Crippen molar-refractivity contribution in [3.05, 3.63) is 70.7 Å². The molecule has 0 saturated carbocycles. The van der Waals surface area contributed by atoms with Crippen molar-refractivity contribution in [2.24, 2.45) is 0 Å². The Hall–Kier alpha value is -1.94. The van der Waals surface area contributed by atoms with Gasteiger partial charge in [0.15, 0.2) is 0 Å². The SMILES string of the molecule is C[CH]NC(=O)c1cc(Cl)cnc1Cc1cccc(F)c1. The maximum Gasteiger partial charge on any atom is 0.253 e. The summed E-state index contributed by atoms with van der Waals surface area (Å²) in [7, 11) is 0. The average Bonchev–Trinajstić information content (AvgIpc) is 2.41. The number of carbonyl (C=O) groups excluding carboxylic acids is 1. The summed E-state index contributed by atoms with van der Waals surface area (Å²) in [5.41, 5.74) is 1.69. The van der Waals surface area contributed by atoms with Crippen LogP contribution < -0.4 is 5.32 Å². The van der Waals surface area contributed by atoms with Gasteiger partial charge in [-0.15, -0.1) is 0 Å². The molecule has 3 nitrogen and oxygen atoms in total. The highest BCUT2D eigenvalue weighted by Gasteiger charge is 2.13. The number of carbonyl (C=O) groups is 1. The minimum Gasteiger partial charge on any atom is -0.347 e. The van der Waals surface area contributed by atoms with Crippen molar-refractivity contribution in [2.45, 2.75) is 13.3 Å². The van der Waals surface area contributed by atoms with Crippen molar-refractivity contribution in [2.75, 3.05) is 0 Å². The molecule has 0 aliphatic rings.